The molecule has 1 aliphatic carbocycles. The molecule has 4 rings (SSSR count). The van der Waals surface area contributed by atoms with Gasteiger partial charge in [-0.3, -0.25) is 4.79 Å². The van der Waals surface area contributed by atoms with Gasteiger partial charge in [-0.25, -0.2) is 9.97 Å². The smallest absolute Gasteiger partial charge is 0.406 e. The molecule has 1 N–H and O–H groups in total. The second kappa shape index (κ2) is 9.50. The van der Waals surface area contributed by atoms with Crippen LogP contribution in [0.25, 0.3) is 5.82 Å². The van der Waals surface area contributed by atoms with Gasteiger partial charge >= 0.3 is 6.36 Å². The number of hydrogen-bond acceptors (Lipinski definition) is 6. The molecule has 1 fully saturated rings. The van der Waals surface area contributed by atoms with Crippen molar-refractivity contribution in [2.45, 2.75) is 38.1 Å². The topological polar surface area (TPSA) is 106 Å². The van der Waals surface area contributed by atoms with E-state index in [1.165, 1.54) is 23.3 Å². The number of alkyl halides is 3. The quantitative estimate of drug-likeness (QED) is 0.578. The van der Waals surface area contributed by atoms with E-state index in [-0.39, 0.29) is 25.0 Å². The van der Waals surface area contributed by atoms with Crippen molar-refractivity contribution in [3.8, 4) is 17.6 Å². The molecular formula is C21H19F3N6O2S. The number of ether oxygens (including phenoxy) is 1. The molecule has 0 aliphatic heterocycles. The lowest BCUT2D eigenvalue weighted by Crippen LogP contribution is -2.29. The number of amides is 1. The molecule has 1 aliphatic rings. The molecule has 172 valence electrons. The van der Waals surface area contributed by atoms with Crippen LogP contribution in [0.1, 0.15) is 59.0 Å². The monoisotopic (exact) mass is 476 g/mol. The largest absolute Gasteiger partial charge is 0.573 e. The third-order valence-electron chi connectivity index (χ3n) is 4.88. The van der Waals surface area contributed by atoms with E-state index in [9.17, 15) is 18.0 Å². The van der Waals surface area contributed by atoms with E-state index in [0.29, 0.717) is 22.8 Å². The van der Waals surface area contributed by atoms with Crippen molar-refractivity contribution in [2.75, 3.05) is 0 Å². The van der Waals surface area contributed by atoms with Crippen LogP contribution in [0, 0.1) is 11.3 Å². The van der Waals surface area contributed by atoms with E-state index in [2.05, 4.69) is 25.1 Å². The minimum Gasteiger partial charge on any atom is -0.406 e. The van der Waals surface area contributed by atoms with Crippen molar-refractivity contribution in [3.63, 3.8) is 0 Å². The lowest BCUT2D eigenvalue weighted by Gasteiger charge is -2.16. The third kappa shape index (κ3) is 5.81. The predicted molar refractivity (Wildman–Crippen MR) is 115 cm³/mol. The van der Waals surface area contributed by atoms with Crippen LogP contribution in [0.4, 0.5) is 13.2 Å². The number of aromatic nitrogens is 4. The molecule has 0 unspecified atom stereocenters. The average Bonchev–Trinajstić information content (AvgIpc) is 3.48. The standard InChI is InChI=1S/C21H17F3N6O2.H2S/c1-12(19-27-11-28-30(19)18-5-2-13(9-25)10-26-18)29-20(31)16-6-15(14-3-4-14)7-17(8-16)32-21(22,23)24;/h2,5-8,10-12,14H,3-4H2,1H3,(H,29,31);1H2/t12-;/m1./s1. The number of carbonyl (C=O) groups is 1. The van der Waals surface area contributed by atoms with Crippen molar-refractivity contribution in [1.82, 2.24) is 25.1 Å². The van der Waals surface area contributed by atoms with E-state index in [1.807, 2.05) is 6.07 Å². The van der Waals surface area contributed by atoms with Crippen LogP contribution in [0.2, 0.25) is 0 Å². The highest BCUT2D eigenvalue weighted by molar-refractivity contribution is 7.59. The van der Waals surface area contributed by atoms with Crippen molar-refractivity contribution in [2.24, 2.45) is 0 Å². The van der Waals surface area contributed by atoms with Gasteiger partial charge in [0.1, 0.15) is 18.1 Å². The van der Waals surface area contributed by atoms with Crippen LogP contribution in [0.3, 0.4) is 0 Å². The van der Waals surface area contributed by atoms with E-state index < -0.39 is 24.1 Å². The molecular weight excluding hydrogens is 457 g/mol. The summed E-state index contributed by atoms with van der Waals surface area (Å²) in [5.41, 5.74) is 1.07. The van der Waals surface area contributed by atoms with Gasteiger partial charge in [-0.2, -0.15) is 28.5 Å². The zero-order chi connectivity index (χ0) is 22.9. The molecule has 1 amide bonds. The zero-order valence-corrected chi connectivity index (χ0v) is 18.3. The normalized spacial score (nSPS) is 14.0. The molecule has 2 aromatic heterocycles. The van der Waals surface area contributed by atoms with Crippen LogP contribution in [0.15, 0.2) is 42.9 Å². The Kier molecular flexibility index (Phi) is 6.92. The highest BCUT2D eigenvalue weighted by Crippen LogP contribution is 2.42. The highest BCUT2D eigenvalue weighted by Gasteiger charge is 2.33. The highest BCUT2D eigenvalue weighted by atomic mass is 32.1. The number of nitrogens with zero attached hydrogens (tertiary/aromatic N) is 5. The fraction of sp³-hybridized carbons (Fsp3) is 0.286. The summed E-state index contributed by atoms with van der Waals surface area (Å²) in [6.45, 7) is 1.67. The van der Waals surface area contributed by atoms with Crippen LogP contribution in [-0.4, -0.2) is 32.0 Å². The van der Waals surface area contributed by atoms with E-state index in [0.717, 1.165) is 18.9 Å². The molecule has 3 aromatic rings. The van der Waals surface area contributed by atoms with Crippen molar-refractivity contribution >= 4 is 19.4 Å². The molecule has 8 nitrogen and oxygen atoms in total. The number of nitriles is 1. The summed E-state index contributed by atoms with van der Waals surface area (Å²) < 4.78 is 43.6. The summed E-state index contributed by atoms with van der Waals surface area (Å²) in [6, 6.07) is 8.45. The summed E-state index contributed by atoms with van der Waals surface area (Å²) in [6.07, 6.45) is -0.467. The predicted octanol–water partition coefficient (Wildman–Crippen LogP) is 3.91. The molecule has 0 spiro atoms. The number of rotatable bonds is 6. The third-order valence-corrected chi connectivity index (χ3v) is 4.88. The first kappa shape index (κ1) is 24.1. The number of hydrogen-bond donors (Lipinski definition) is 1. The Labute approximate surface area is 193 Å². The van der Waals surface area contributed by atoms with E-state index >= 15 is 0 Å². The van der Waals surface area contributed by atoms with Crippen molar-refractivity contribution in [3.05, 3.63) is 65.4 Å². The average molecular weight is 476 g/mol. The second-order valence-corrected chi connectivity index (χ2v) is 7.35. The van der Waals surface area contributed by atoms with Crippen LogP contribution in [-0.2, 0) is 0 Å². The van der Waals surface area contributed by atoms with Crippen molar-refractivity contribution in [1.29, 1.82) is 5.26 Å². The summed E-state index contributed by atoms with van der Waals surface area (Å²) in [4.78, 5) is 21.2. The number of carbonyl (C=O) groups excluding carboxylic acids is 1. The fourth-order valence-electron chi connectivity index (χ4n) is 3.24. The molecule has 33 heavy (non-hydrogen) atoms. The van der Waals surface area contributed by atoms with Crippen LogP contribution in [0.5, 0.6) is 5.75 Å². The Morgan fingerprint density at radius 2 is 2.03 bits per heavy atom. The van der Waals surface area contributed by atoms with Crippen molar-refractivity contribution < 1.29 is 22.7 Å². The summed E-state index contributed by atoms with van der Waals surface area (Å²) in [5.74, 6) is -0.116. The first-order chi connectivity index (χ1) is 15.2. The maximum Gasteiger partial charge on any atom is 0.573 e. The Bertz CT molecular complexity index is 1190. The van der Waals surface area contributed by atoms with E-state index in [1.54, 1.807) is 25.1 Å². The maximum atomic E-state index is 12.8. The number of halogens is 3. The Morgan fingerprint density at radius 3 is 2.64 bits per heavy atom. The van der Waals surface area contributed by atoms with Gasteiger partial charge in [0.2, 0.25) is 0 Å². The van der Waals surface area contributed by atoms with Gasteiger partial charge in [-0.15, -0.1) is 13.2 Å². The zero-order valence-electron chi connectivity index (χ0n) is 17.3. The summed E-state index contributed by atoms with van der Waals surface area (Å²) >= 11 is 0. The van der Waals surface area contributed by atoms with E-state index in [4.69, 9.17) is 5.26 Å². The lowest BCUT2D eigenvalue weighted by atomic mass is 10.1. The molecule has 2 heterocycles. The minimum absolute atomic E-state index is 0. The van der Waals surface area contributed by atoms with Gasteiger partial charge < -0.3 is 10.1 Å². The molecule has 0 saturated heterocycles. The van der Waals surface area contributed by atoms with Gasteiger partial charge in [-0.1, -0.05) is 0 Å². The number of nitrogens with one attached hydrogen (secondary N) is 1. The Hall–Kier alpha value is -3.59. The molecule has 1 saturated carbocycles. The van der Waals surface area contributed by atoms with Gasteiger partial charge in [0.25, 0.3) is 5.91 Å². The first-order valence-electron chi connectivity index (χ1n) is 9.71. The number of pyridine rings is 1. The van der Waals surface area contributed by atoms with Gasteiger partial charge in [-0.05, 0) is 61.6 Å². The molecule has 12 heteroatoms. The van der Waals surface area contributed by atoms with Gasteiger partial charge in [0.05, 0.1) is 11.6 Å². The Balaban J connectivity index is 0.00000306. The summed E-state index contributed by atoms with van der Waals surface area (Å²) in [5, 5.41) is 15.7. The maximum absolute atomic E-state index is 12.8. The Morgan fingerprint density at radius 1 is 1.27 bits per heavy atom. The van der Waals surface area contributed by atoms with Crippen LogP contribution >= 0.6 is 13.5 Å². The molecule has 0 bridgehead atoms. The molecule has 0 radical (unpaired) electrons. The second-order valence-electron chi connectivity index (χ2n) is 7.35. The number of benzene rings is 1. The minimum atomic E-state index is -4.85. The van der Waals surface area contributed by atoms with Crippen LogP contribution < -0.4 is 10.1 Å². The molecule has 1 aromatic carbocycles. The lowest BCUT2D eigenvalue weighted by molar-refractivity contribution is -0.274. The first-order valence-corrected chi connectivity index (χ1v) is 9.71. The SMILES string of the molecule is C[C@@H](NC(=O)c1cc(OC(F)(F)F)cc(C2CC2)c1)c1ncnn1-c1ccc(C#N)cn1.S. The molecule has 1 atom stereocenters. The van der Waals surface area contributed by atoms with Gasteiger partial charge in [0.15, 0.2) is 11.6 Å². The fourth-order valence-corrected chi connectivity index (χ4v) is 3.24. The summed E-state index contributed by atoms with van der Waals surface area (Å²) in [7, 11) is 0. The van der Waals surface area contributed by atoms with Gasteiger partial charge in [0, 0.05) is 11.8 Å².